The minimum atomic E-state index is -2.02. The van der Waals surface area contributed by atoms with Gasteiger partial charge in [-0.05, 0) is 43.2 Å². The van der Waals surface area contributed by atoms with Crippen molar-refractivity contribution in [3.63, 3.8) is 0 Å². The molecule has 0 saturated carbocycles. The Balaban J connectivity index is 0.00000702. The topological polar surface area (TPSA) is 204 Å². The van der Waals surface area contributed by atoms with Gasteiger partial charge in [0.2, 0.25) is 0 Å². The van der Waals surface area contributed by atoms with E-state index in [4.69, 9.17) is 18.9 Å². The van der Waals surface area contributed by atoms with Gasteiger partial charge in [-0.15, -0.1) is 0 Å². The van der Waals surface area contributed by atoms with E-state index in [0.29, 0.717) is 0 Å². The molecule has 0 aromatic heterocycles. The van der Waals surface area contributed by atoms with Crippen LogP contribution >= 0.6 is 0 Å². The van der Waals surface area contributed by atoms with E-state index in [0.717, 1.165) is 6.07 Å². The Morgan fingerprint density at radius 2 is 1.61 bits per heavy atom. The molecule has 0 saturated heterocycles. The third-order valence-electron chi connectivity index (χ3n) is 10.1. The van der Waals surface area contributed by atoms with Crippen molar-refractivity contribution in [2.24, 2.45) is 29.6 Å². The number of rotatable bonds is 2. The van der Waals surface area contributed by atoms with E-state index in [-0.39, 0.29) is 68.5 Å². The van der Waals surface area contributed by atoms with Crippen molar-refractivity contribution in [1.82, 2.24) is 0 Å². The number of aromatic hydroxyl groups is 2. The molecule has 0 radical (unpaired) electrons. The number of amides is 1. The van der Waals surface area contributed by atoms with E-state index in [1.54, 1.807) is 39.8 Å². The molecule has 0 fully saturated rings. The van der Waals surface area contributed by atoms with Crippen molar-refractivity contribution in [2.75, 3.05) is 19.5 Å². The van der Waals surface area contributed by atoms with E-state index in [9.17, 15) is 39.9 Å². The van der Waals surface area contributed by atoms with Crippen molar-refractivity contribution in [1.29, 1.82) is 0 Å². The Morgan fingerprint density at radius 3 is 2.22 bits per heavy atom. The van der Waals surface area contributed by atoms with E-state index in [1.807, 2.05) is 0 Å². The van der Waals surface area contributed by atoms with Crippen molar-refractivity contribution < 1.29 is 88.4 Å². The summed E-state index contributed by atoms with van der Waals surface area (Å²) < 4.78 is 22.5. The standard InChI is InChI=1S/C37H47NO12.Na/c1-16-11-10-12-17(2)35(45)38-22-15-23(39)26-27(32(22)43)31(42)21(6)33-28(26)34(44)37(7,50-33)49-14-13-24(47-8)18(3)25(36(46)48-9)19(4)30(41)20(5)29(16)40;/h10-16,18-20,24-25,29-30,39-43H,1-9H3,(H,38,45);/q;+1/p-1/b11-10-,14-13?,17-12-;. The van der Waals surface area contributed by atoms with Gasteiger partial charge in [-0.25, -0.2) is 0 Å². The fourth-order valence-corrected chi connectivity index (χ4v) is 6.83. The normalized spacial score (nSPS) is 31.9. The van der Waals surface area contributed by atoms with Gasteiger partial charge in [0.05, 0.1) is 54.2 Å². The molecule has 13 nitrogen and oxygen atoms in total. The zero-order chi connectivity index (χ0) is 37.4. The number of nitrogens with one attached hydrogen (secondary N) is 1. The molecule has 9 unspecified atom stereocenters. The van der Waals surface area contributed by atoms with Crippen molar-refractivity contribution >= 4 is 34.1 Å². The molecule has 5 N–H and O–H groups in total. The van der Waals surface area contributed by atoms with Crippen LogP contribution in [0.2, 0.25) is 0 Å². The first kappa shape index (κ1) is 41.8. The molecule has 9 atom stereocenters. The first-order valence-electron chi connectivity index (χ1n) is 16.3. The van der Waals surface area contributed by atoms with Gasteiger partial charge in [-0.1, -0.05) is 51.7 Å². The maximum Gasteiger partial charge on any atom is 1.00 e. The number of anilines is 1. The quantitative estimate of drug-likeness (QED) is 0.168. The maximum atomic E-state index is 13.9. The molecule has 3 aliphatic heterocycles. The molecule has 14 heteroatoms. The third-order valence-corrected chi connectivity index (χ3v) is 10.1. The van der Waals surface area contributed by atoms with Gasteiger partial charge in [-0.3, -0.25) is 14.4 Å². The SMILES string of the molecule is COC(=O)C1C(C)C(OC)C=COC2(C)Oc3c(C)c(O)c4c(O)c(cc([O-])c4c3C2=O)NC(=O)/C(C)=C\C=C/C(C)C(O)C(C)C(O)C1C.[Na+]. The molecule has 5 bridgehead atoms. The van der Waals surface area contributed by atoms with Crippen LogP contribution in [-0.4, -0.2) is 76.4 Å². The predicted molar refractivity (Wildman–Crippen MR) is 182 cm³/mol. The first-order chi connectivity index (χ1) is 23.4. The minimum Gasteiger partial charge on any atom is -0.872 e. The summed E-state index contributed by atoms with van der Waals surface area (Å²) in [5, 5.41) is 60.3. The van der Waals surface area contributed by atoms with Crippen LogP contribution in [0.5, 0.6) is 23.0 Å². The molecule has 1 amide bonds. The third kappa shape index (κ3) is 7.79. The number of carbonyl (C=O) groups excluding carboxylic acids is 3. The van der Waals surface area contributed by atoms with E-state index < -0.39 is 88.6 Å². The smallest absolute Gasteiger partial charge is 0.872 e. The zero-order valence-corrected chi connectivity index (χ0v) is 32.6. The van der Waals surface area contributed by atoms with Gasteiger partial charge < -0.3 is 49.8 Å². The van der Waals surface area contributed by atoms with Crippen LogP contribution < -0.4 is 44.7 Å². The van der Waals surface area contributed by atoms with Crippen LogP contribution in [-0.2, 0) is 23.8 Å². The number of hydrogen-bond acceptors (Lipinski definition) is 12. The Hall–Kier alpha value is -3.59. The summed E-state index contributed by atoms with van der Waals surface area (Å²) >= 11 is 0. The van der Waals surface area contributed by atoms with Gasteiger partial charge >= 0.3 is 41.3 Å². The Kier molecular flexibility index (Phi) is 13.4. The molecule has 3 aliphatic rings. The number of aliphatic hydroxyl groups excluding tert-OH is 2. The van der Waals surface area contributed by atoms with Crippen LogP contribution in [0.1, 0.15) is 57.5 Å². The summed E-state index contributed by atoms with van der Waals surface area (Å²) in [5.41, 5.74) is -0.278. The number of phenolic OH excluding ortho intramolecular Hbond substituents is 2. The summed E-state index contributed by atoms with van der Waals surface area (Å²) in [4.78, 5) is 40.1. The second-order valence-electron chi connectivity index (χ2n) is 13.4. The number of benzene rings is 2. The summed E-state index contributed by atoms with van der Waals surface area (Å²) in [7, 11) is 2.65. The largest absolute Gasteiger partial charge is 1.00 e. The summed E-state index contributed by atoms with van der Waals surface area (Å²) in [5.74, 6) is -9.54. The van der Waals surface area contributed by atoms with E-state index in [2.05, 4.69) is 5.32 Å². The van der Waals surface area contributed by atoms with Crippen LogP contribution in [0.4, 0.5) is 5.69 Å². The Labute approximate surface area is 319 Å². The monoisotopic (exact) mass is 719 g/mol. The van der Waals surface area contributed by atoms with Crippen molar-refractivity contribution in [2.45, 2.75) is 72.6 Å². The average Bonchev–Trinajstić information content (AvgIpc) is 3.34. The van der Waals surface area contributed by atoms with Gasteiger partial charge in [0.25, 0.3) is 11.7 Å². The van der Waals surface area contributed by atoms with E-state index >= 15 is 0 Å². The number of allylic oxidation sites excluding steroid dienone is 2. The minimum absolute atomic E-state index is 0. The number of phenols is 2. The fourth-order valence-electron chi connectivity index (χ4n) is 6.83. The number of carbonyl (C=O) groups is 3. The summed E-state index contributed by atoms with van der Waals surface area (Å²) in [6, 6.07) is 0.949. The maximum absolute atomic E-state index is 13.9. The molecule has 0 aliphatic carbocycles. The molecular formula is C37H46NNaO12. The number of ketones is 1. The second kappa shape index (κ2) is 16.4. The molecule has 0 spiro atoms. The molecule has 5 rings (SSSR count). The summed E-state index contributed by atoms with van der Waals surface area (Å²) in [6.07, 6.45) is 4.30. The van der Waals surface area contributed by atoms with Crippen LogP contribution in [0, 0.1) is 36.5 Å². The van der Waals surface area contributed by atoms with Gasteiger partial charge in [0, 0.05) is 37.0 Å². The Morgan fingerprint density at radius 1 is 0.961 bits per heavy atom. The van der Waals surface area contributed by atoms with Gasteiger partial charge in [-0.2, -0.15) is 0 Å². The molecule has 2 aromatic carbocycles. The molecule has 51 heavy (non-hydrogen) atoms. The average molecular weight is 720 g/mol. The number of hydrogen-bond donors (Lipinski definition) is 5. The molecular weight excluding hydrogens is 673 g/mol. The van der Waals surface area contributed by atoms with Crippen molar-refractivity contribution in [3.8, 4) is 23.0 Å². The van der Waals surface area contributed by atoms with Crippen LogP contribution in [0.3, 0.4) is 0 Å². The Bertz CT molecular complexity index is 1770. The number of fused-ring (bicyclic) bond motifs is 14. The van der Waals surface area contributed by atoms with Gasteiger partial charge in [0.1, 0.15) is 11.5 Å². The molecule has 3 heterocycles. The van der Waals surface area contributed by atoms with Crippen LogP contribution in [0.15, 0.2) is 42.2 Å². The zero-order valence-electron chi connectivity index (χ0n) is 30.6. The second-order valence-corrected chi connectivity index (χ2v) is 13.4. The number of aliphatic hydroxyl groups is 2. The van der Waals surface area contributed by atoms with E-state index in [1.165, 1.54) is 53.4 Å². The number of methoxy groups -OCH3 is 2. The number of ether oxygens (including phenoxy) is 4. The van der Waals surface area contributed by atoms with Gasteiger partial charge in [0.15, 0.2) is 5.75 Å². The molecule has 272 valence electrons. The number of Topliss-reactive ketones (excluding diaryl/α,β-unsaturated/α-hetero) is 1. The molecule has 2 aromatic rings. The van der Waals surface area contributed by atoms with Crippen LogP contribution in [0.25, 0.3) is 10.8 Å². The predicted octanol–water partition coefficient (Wildman–Crippen LogP) is 0.984. The first-order valence-corrected chi connectivity index (χ1v) is 16.3. The van der Waals surface area contributed by atoms with Crippen molar-refractivity contribution in [3.05, 3.63) is 53.3 Å². The summed E-state index contributed by atoms with van der Waals surface area (Å²) in [6.45, 7) is 11.1. The fraction of sp³-hybridized carbons (Fsp3) is 0.486. The number of esters is 1.